The number of imidazole rings is 1. The van der Waals surface area contributed by atoms with E-state index in [-0.39, 0.29) is 17.6 Å². The summed E-state index contributed by atoms with van der Waals surface area (Å²) >= 11 is 0. The standard InChI is InChI=1S/C19H26N4O2/c1-19(2)10-4-8-14(25-19)12-16(24)22-18-21-15-9-5-11-20-17(15)23(18)13-6-3-7-13/h5,9,11,13-14H,3-4,6-8,10,12H2,1-2H3,(H,21,22,24)/t14-/m0/s1. The van der Waals surface area contributed by atoms with Gasteiger partial charge in [-0.2, -0.15) is 0 Å². The molecule has 0 bridgehead atoms. The smallest absolute Gasteiger partial charge is 0.229 e. The second-order valence-electron chi connectivity index (χ2n) is 7.88. The van der Waals surface area contributed by atoms with Crippen LogP contribution in [0.4, 0.5) is 5.95 Å². The first-order valence-corrected chi connectivity index (χ1v) is 9.32. The largest absolute Gasteiger partial charge is 0.372 e. The molecule has 2 aromatic rings. The summed E-state index contributed by atoms with van der Waals surface area (Å²) in [4.78, 5) is 21.7. The molecule has 1 amide bonds. The van der Waals surface area contributed by atoms with E-state index in [1.165, 1.54) is 6.42 Å². The first kappa shape index (κ1) is 16.5. The highest BCUT2D eigenvalue weighted by Gasteiger charge is 2.31. The van der Waals surface area contributed by atoms with Gasteiger partial charge in [0.2, 0.25) is 11.9 Å². The molecule has 2 aliphatic rings. The second kappa shape index (κ2) is 6.41. The SMILES string of the molecule is CC1(C)CCC[C@@H](CC(=O)Nc2nc3cccnc3n2C2CCC2)O1. The van der Waals surface area contributed by atoms with Crippen LogP contribution < -0.4 is 5.32 Å². The van der Waals surface area contributed by atoms with E-state index in [1.807, 2.05) is 12.1 Å². The van der Waals surface area contributed by atoms with Crippen molar-refractivity contribution in [1.29, 1.82) is 0 Å². The Morgan fingerprint density at radius 1 is 1.36 bits per heavy atom. The number of rotatable bonds is 4. The molecule has 25 heavy (non-hydrogen) atoms. The molecule has 3 heterocycles. The average Bonchev–Trinajstić information content (AvgIpc) is 2.83. The lowest BCUT2D eigenvalue weighted by atomic mass is 9.93. The number of hydrogen-bond donors (Lipinski definition) is 1. The Kier molecular flexibility index (Phi) is 4.23. The molecular weight excluding hydrogens is 316 g/mol. The normalized spacial score (nSPS) is 23.4. The summed E-state index contributed by atoms with van der Waals surface area (Å²) < 4.78 is 8.15. The zero-order chi connectivity index (χ0) is 17.4. The zero-order valence-corrected chi connectivity index (χ0v) is 15.0. The summed E-state index contributed by atoms with van der Waals surface area (Å²) in [7, 11) is 0. The third-order valence-corrected chi connectivity index (χ3v) is 5.34. The maximum atomic E-state index is 12.6. The van der Waals surface area contributed by atoms with Crippen LogP contribution in [-0.4, -0.2) is 32.1 Å². The maximum Gasteiger partial charge on any atom is 0.229 e. The number of ether oxygens (including phenoxy) is 1. The van der Waals surface area contributed by atoms with Crippen LogP contribution in [0.15, 0.2) is 18.3 Å². The highest BCUT2D eigenvalue weighted by atomic mass is 16.5. The fourth-order valence-corrected chi connectivity index (χ4v) is 3.86. The molecule has 6 nitrogen and oxygen atoms in total. The van der Waals surface area contributed by atoms with Gasteiger partial charge in [-0.05, 0) is 64.5 Å². The number of pyridine rings is 1. The van der Waals surface area contributed by atoms with Crippen LogP contribution in [0.25, 0.3) is 11.2 Å². The topological polar surface area (TPSA) is 69.0 Å². The van der Waals surface area contributed by atoms with Gasteiger partial charge < -0.3 is 4.74 Å². The van der Waals surface area contributed by atoms with Crippen LogP contribution in [-0.2, 0) is 9.53 Å². The van der Waals surface area contributed by atoms with Gasteiger partial charge >= 0.3 is 0 Å². The van der Waals surface area contributed by atoms with E-state index in [0.717, 1.165) is 43.3 Å². The molecule has 4 rings (SSSR count). The summed E-state index contributed by atoms with van der Waals surface area (Å²) in [6.07, 6.45) is 8.70. The molecule has 134 valence electrons. The van der Waals surface area contributed by atoms with Gasteiger partial charge in [-0.25, -0.2) is 9.97 Å². The molecule has 0 unspecified atom stereocenters. The zero-order valence-electron chi connectivity index (χ0n) is 15.0. The number of amides is 1. The Morgan fingerprint density at radius 2 is 2.20 bits per heavy atom. The van der Waals surface area contributed by atoms with Crippen LogP contribution in [0.3, 0.4) is 0 Å². The minimum absolute atomic E-state index is 0.0107. The molecule has 1 aliphatic heterocycles. The molecule has 0 spiro atoms. The lowest BCUT2D eigenvalue weighted by Crippen LogP contribution is -2.37. The molecule has 2 aromatic heterocycles. The Morgan fingerprint density at radius 3 is 2.92 bits per heavy atom. The van der Waals surface area contributed by atoms with Crippen molar-refractivity contribution in [1.82, 2.24) is 14.5 Å². The average molecular weight is 342 g/mol. The van der Waals surface area contributed by atoms with Gasteiger partial charge in [-0.3, -0.25) is 14.7 Å². The van der Waals surface area contributed by atoms with Gasteiger partial charge in [-0.15, -0.1) is 0 Å². The van der Waals surface area contributed by atoms with E-state index >= 15 is 0 Å². The molecule has 6 heteroatoms. The maximum absolute atomic E-state index is 12.6. The molecule has 1 aliphatic carbocycles. The Labute approximate surface area is 148 Å². The van der Waals surface area contributed by atoms with Crippen molar-refractivity contribution >= 4 is 23.0 Å². The van der Waals surface area contributed by atoms with Crippen LogP contribution >= 0.6 is 0 Å². The Bertz CT molecular complexity index is 779. The number of nitrogens with zero attached hydrogens (tertiary/aromatic N) is 3. The molecule has 1 saturated heterocycles. The summed E-state index contributed by atoms with van der Waals surface area (Å²) in [5.41, 5.74) is 1.56. The third kappa shape index (κ3) is 3.40. The number of anilines is 1. The van der Waals surface area contributed by atoms with Crippen molar-refractivity contribution in [3.63, 3.8) is 0 Å². The first-order valence-electron chi connectivity index (χ1n) is 9.32. The first-order chi connectivity index (χ1) is 12.0. The van der Waals surface area contributed by atoms with Crippen LogP contribution in [0.2, 0.25) is 0 Å². The van der Waals surface area contributed by atoms with Crippen molar-refractivity contribution in [2.45, 2.75) is 76.5 Å². The number of fused-ring (bicyclic) bond motifs is 1. The number of carbonyl (C=O) groups is 1. The second-order valence-corrected chi connectivity index (χ2v) is 7.88. The predicted octanol–water partition coefficient (Wildman–Crippen LogP) is 3.83. The summed E-state index contributed by atoms with van der Waals surface area (Å²) in [5, 5.41) is 3.02. The molecule has 2 fully saturated rings. The van der Waals surface area contributed by atoms with Crippen LogP contribution in [0.1, 0.15) is 64.8 Å². The third-order valence-electron chi connectivity index (χ3n) is 5.34. The van der Waals surface area contributed by atoms with Crippen molar-refractivity contribution in [2.24, 2.45) is 0 Å². The number of hydrogen-bond acceptors (Lipinski definition) is 4. The number of aromatic nitrogens is 3. The molecule has 0 radical (unpaired) electrons. The quantitative estimate of drug-likeness (QED) is 0.917. The summed E-state index contributed by atoms with van der Waals surface area (Å²) in [5.74, 6) is 0.594. The highest BCUT2D eigenvalue weighted by molar-refractivity contribution is 5.91. The van der Waals surface area contributed by atoms with Crippen LogP contribution in [0, 0.1) is 0 Å². The van der Waals surface area contributed by atoms with Crippen LogP contribution in [0.5, 0.6) is 0 Å². The van der Waals surface area contributed by atoms with E-state index < -0.39 is 0 Å². The molecular formula is C19H26N4O2. The lowest BCUT2D eigenvalue weighted by Gasteiger charge is -2.35. The van der Waals surface area contributed by atoms with E-state index in [1.54, 1.807) is 6.20 Å². The Hall–Kier alpha value is -1.95. The van der Waals surface area contributed by atoms with E-state index in [9.17, 15) is 4.79 Å². The van der Waals surface area contributed by atoms with Crippen molar-refractivity contribution in [3.05, 3.63) is 18.3 Å². The van der Waals surface area contributed by atoms with Gasteiger partial charge in [0.25, 0.3) is 0 Å². The van der Waals surface area contributed by atoms with E-state index in [2.05, 4.69) is 33.7 Å². The van der Waals surface area contributed by atoms with E-state index in [0.29, 0.717) is 18.4 Å². The van der Waals surface area contributed by atoms with Gasteiger partial charge in [-0.1, -0.05) is 0 Å². The summed E-state index contributed by atoms with van der Waals surface area (Å²) in [6.45, 7) is 4.19. The fourth-order valence-electron chi connectivity index (χ4n) is 3.86. The monoisotopic (exact) mass is 342 g/mol. The number of nitrogens with one attached hydrogen (secondary N) is 1. The fraction of sp³-hybridized carbons (Fsp3) is 0.632. The van der Waals surface area contributed by atoms with Crippen molar-refractivity contribution < 1.29 is 9.53 Å². The van der Waals surface area contributed by atoms with Gasteiger partial charge in [0, 0.05) is 12.2 Å². The van der Waals surface area contributed by atoms with E-state index in [4.69, 9.17) is 4.74 Å². The minimum Gasteiger partial charge on any atom is -0.372 e. The van der Waals surface area contributed by atoms with Gasteiger partial charge in [0.1, 0.15) is 5.52 Å². The highest BCUT2D eigenvalue weighted by Crippen LogP contribution is 2.36. The predicted molar refractivity (Wildman–Crippen MR) is 96.5 cm³/mol. The molecule has 1 saturated carbocycles. The van der Waals surface area contributed by atoms with Gasteiger partial charge in [0.15, 0.2) is 5.65 Å². The number of carbonyl (C=O) groups excluding carboxylic acids is 1. The molecule has 1 N–H and O–H groups in total. The molecule has 0 aromatic carbocycles. The molecule has 1 atom stereocenters. The van der Waals surface area contributed by atoms with Gasteiger partial charge in [0.05, 0.1) is 18.1 Å². The summed E-state index contributed by atoms with van der Waals surface area (Å²) in [6, 6.07) is 4.21. The van der Waals surface area contributed by atoms with Crippen molar-refractivity contribution in [3.8, 4) is 0 Å². The lowest BCUT2D eigenvalue weighted by molar-refractivity contribution is -0.131. The minimum atomic E-state index is -0.133. The Balaban J connectivity index is 1.51. The van der Waals surface area contributed by atoms with Crippen molar-refractivity contribution in [2.75, 3.05) is 5.32 Å².